The minimum absolute atomic E-state index is 0.341. The molecule has 0 aromatic heterocycles. The second-order valence-corrected chi connectivity index (χ2v) is 6.32. The van der Waals surface area contributed by atoms with Crippen molar-refractivity contribution in [3.8, 4) is 17.2 Å². The molecular formula is C19H17NO5S. The summed E-state index contributed by atoms with van der Waals surface area (Å²) >= 11 is 0.900. The number of imide groups is 1. The van der Waals surface area contributed by atoms with E-state index in [9.17, 15) is 9.59 Å². The van der Waals surface area contributed by atoms with Crippen molar-refractivity contribution in [2.45, 2.75) is 0 Å². The third-order valence-corrected chi connectivity index (χ3v) is 4.70. The standard InChI is InChI=1S/C19H17NO5S/c1-23-14-7-5-13(6-8-14)20-18(21)17(26-19(20)22)11-12-4-9-15(24-2)16(10-12)25-3/h4-11H,1-3H3/b17-11-. The summed E-state index contributed by atoms with van der Waals surface area (Å²) in [6, 6.07) is 12.1. The first-order valence-electron chi connectivity index (χ1n) is 7.71. The first-order chi connectivity index (χ1) is 12.6. The average Bonchev–Trinajstić information content (AvgIpc) is 2.95. The molecular weight excluding hydrogens is 354 g/mol. The van der Waals surface area contributed by atoms with Crippen LogP contribution in [-0.2, 0) is 4.79 Å². The Morgan fingerprint density at radius 1 is 0.885 bits per heavy atom. The van der Waals surface area contributed by atoms with Crippen LogP contribution < -0.4 is 19.1 Å². The van der Waals surface area contributed by atoms with Gasteiger partial charge in [0.15, 0.2) is 11.5 Å². The number of anilines is 1. The minimum Gasteiger partial charge on any atom is -0.497 e. The zero-order valence-electron chi connectivity index (χ0n) is 14.5. The summed E-state index contributed by atoms with van der Waals surface area (Å²) in [7, 11) is 4.65. The van der Waals surface area contributed by atoms with E-state index >= 15 is 0 Å². The highest BCUT2D eigenvalue weighted by atomic mass is 32.2. The maximum absolute atomic E-state index is 12.7. The molecule has 26 heavy (non-hydrogen) atoms. The maximum atomic E-state index is 12.7. The maximum Gasteiger partial charge on any atom is 0.298 e. The monoisotopic (exact) mass is 371 g/mol. The van der Waals surface area contributed by atoms with Crippen LogP contribution in [0.2, 0.25) is 0 Å². The summed E-state index contributed by atoms with van der Waals surface area (Å²) in [5.74, 6) is 1.44. The number of hydrogen-bond donors (Lipinski definition) is 0. The Hall–Kier alpha value is -2.93. The van der Waals surface area contributed by atoms with Gasteiger partial charge in [0.25, 0.3) is 11.1 Å². The number of rotatable bonds is 5. The molecule has 0 bridgehead atoms. The Bertz CT molecular complexity index is 876. The zero-order chi connectivity index (χ0) is 18.7. The van der Waals surface area contributed by atoms with E-state index in [1.165, 1.54) is 0 Å². The number of carbonyl (C=O) groups excluding carboxylic acids is 2. The first kappa shape index (κ1) is 17.9. The summed E-state index contributed by atoms with van der Waals surface area (Å²) in [4.78, 5) is 26.5. The predicted molar refractivity (Wildman–Crippen MR) is 101 cm³/mol. The molecule has 7 heteroatoms. The van der Waals surface area contributed by atoms with Crippen molar-refractivity contribution in [3.63, 3.8) is 0 Å². The largest absolute Gasteiger partial charge is 0.497 e. The Balaban J connectivity index is 1.89. The van der Waals surface area contributed by atoms with Crippen molar-refractivity contribution in [3.05, 3.63) is 52.9 Å². The molecule has 1 aliphatic heterocycles. The number of hydrogen-bond acceptors (Lipinski definition) is 6. The number of nitrogens with zero attached hydrogens (tertiary/aromatic N) is 1. The molecule has 0 N–H and O–H groups in total. The molecule has 0 aliphatic carbocycles. The van der Waals surface area contributed by atoms with Crippen molar-refractivity contribution in [2.24, 2.45) is 0 Å². The van der Waals surface area contributed by atoms with Gasteiger partial charge in [0.1, 0.15) is 5.75 Å². The van der Waals surface area contributed by atoms with Gasteiger partial charge >= 0.3 is 0 Å². The van der Waals surface area contributed by atoms with E-state index in [0.717, 1.165) is 22.2 Å². The third-order valence-electron chi connectivity index (χ3n) is 3.83. The van der Waals surface area contributed by atoms with E-state index < -0.39 is 0 Å². The number of amides is 2. The molecule has 134 valence electrons. The molecule has 3 rings (SSSR count). The van der Waals surface area contributed by atoms with Gasteiger partial charge in [-0.25, -0.2) is 4.90 Å². The van der Waals surface area contributed by atoms with Gasteiger partial charge < -0.3 is 14.2 Å². The van der Waals surface area contributed by atoms with Crippen molar-refractivity contribution >= 4 is 34.7 Å². The lowest BCUT2D eigenvalue weighted by molar-refractivity contribution is -0.113. The summed E-state index contributed by atoms with van der Waals surface area (Å²) in [5, 5.41) is -0.341. The van der Waals surface area contributed by atoms with Crippen molar-refractivity contribution in [1.29, 1.82) is 0 Å². The molecule has 0 radical (unpaired) electrons. The third kappa shape index (κ3) is 3.39. The molecule has 0 saturated carbocycles. The number of ether oxygens (including phenoxy) is 3. The molecule has 6 nitrogen and oxygen atoms in total. The molecule has 0 atom stereocenters. The zero-order valence-corrected chi connectivity index (χ0v) is 15.3. The number of carbonyl (C=O) groups is 2. The van der Waals surface area contributed by atoms with Crippen LogP contribution in [0.5, 0.6) is 17.2 Å². The van der Waals surface area contributed by atoms with E-state index in [4.69, 9.17) is 14.2 Å². The van der Waals surface area contributed by atoms with Crippen LogP contribution in [0.1, 0.15) is 5.56 Å². The molecule has 2 aromatic carbocycles. The van der Waals surface area contributed by atoms with Crippen molar-refractivity contribution in [1.82, 2.24) is 0 Å². The topological polar surface area (TPSA) is 65.1 Å². The minimum atomic E-state index is -0.361. The summed E-state index contributed by atoms with van der Waals surface area (Å²) in [6.45, 7) is 0. The van der Waals surface area contributed by atoms with Crippen molar-refractivity contribution in [2.75, 3.05) is 26.2 Å². The molecule has 2 aromatic rings. The van der Waals surface area contributed by atoms with Gasteiger partial charge in [-0.3, -0.25) is 9.59 Å². The normalized spacial score (nSPS) is 15.5. The Kier molecular flexibility index (Phi) is 5.18. The van der Waals surface area contributed by atoms with E-state index in [2.05, 4.69) is 0 Å². The van der Waals surface area contributed by atoms with Gasteiger partial charge in [-0.2, -0.15) is 0 Å². The van der Waals surface area contributed by atoms with E-state index in [0.29, 0.717) is 27.8 Å². The molecule has 1 heterocycles. The fourth-order valence-electron chi connectivity index (χ4n) is 2.52. The second-order valence-electron chi connectivity index (χ2n) is 5.33. The smallest absolute Gasteiger partial charge is 0.298 e. The number of benzene rings is 2. The fraction of sp³-hybridized carbons (Fsp3) is 0.158. The highest BCUT2D eigenvalue weighted by molar-refractivity contribution is 8.19. The van der Waals surface area contributed by atoms with E-state index in [1.54, 1.807) is 69.9 Å². The molecule has 1 fully saturated rings. The number of thioether (sulfide) groups is 1. The Morgan fingerprint density at radius 3 is 2.19 bits per heavy atom. The lowest BCUT2D eigenvalue weighted by Crippen LogP contribution is -2.27. The van der Waals surface area contributed by atoms with Gasteiger partial charge in [-0.1, -0.05) is 6.07 Å². The van der Waals surface area contributed by atoms with Gasteiger partial charge in [0, 0.05) is 0 Å². The van der Waals surface area contributed by atoms with E-state index in [1.807, 2.05) is 0 Å². The highest BCUT2D eigenvalue weighted by Gasteiger charge is 2.36. The fourth-order valence-corrected chi connectivity index (χ4v) is 3.36. The van der Waals surface area contributed by atoms with Crippen LogP contribution in [0.4, 0.5) is 10.5 Å². The SMILES string of the molecule is COc1ccc(N2C(=O)S/C(=C\c3ccc(OC)c(OC)c3)C2=O)cc1. The predicted octanol–water partition coefficient (Wildman–Crippen LogP) is 3.95. The molecule has 0 spiro atoms. The molecule has 1 saturated heterocycles. The van der Waals surface area contributed by atoms with Crippen LogP contribution >= 0.6 is 11.8 Å². The molecule has 0 unspecified atom stereocenters. The van der Waals surface area contributed by atoms with Gasteiger partial charge in [-0.05, 0) is 59.8 Å². The van der Waals surface area contributed by atoms with Crippen LogP contribution in [-0.4, -0.2) is 32.5 Å². The first-order valence-corrected chi connectivity index (χ1v) is 8.53. The molecule has 1 aliphatic rings. The van der Waals surface area contributed by atoms with Crippen LogP contribution in [0, 0.1) is 0 Å². The highest BCUT2D eigenvalue weighted by Crippen LogP contribution is 2.37. The second kappa shape index (κ2) is 7.53. The summed E-state index contributed by atoms with van der Waals surface area (Å²) in [5.41, 5.74) is 1.24. The van der Waals surface area contributed by atoms with Crippen LogP contribution in [0.15, 0.2) is 47.4 Å². The van der Waals surface area contributed by atoms with Gasteiger partial charge in [0.2, 0.25) is 0 Å². The average molecular weight is 371 g/mol. The Morgan fingerprint density at radius 2 is 1.58 bits per heavy atom. The lowest BCUT2D eigenvalue weighted by atomic mass is 10.2. The van der Waals surface area contributed by atoms with Crippen LogP contribution in [0.3, 0.4) is 0 Å². The van der Waals surface area contributed by atoms with Gasteiger partial charge in [0.05, 0.1) is 31.9 Å². The summed E-state index contributed by atoms with van der Waals surface area (Å²) in [6.07, 6.45) is 1.66. The van der Waals surface area contributed by atoms with Crippen molar-refractivity contribution < 1.29 is 23.8 Å². The van der Waals surface area contributed by atoms with E-state index in [-0.39, 0.29) is 11.1 Å². The quantitative estimate of drug-likeness (QED) is 0.742. The summed E-state index contributed by atoms with van der Waals surface area (Å²) < 4.78 is 15.6. The number of methoxy groups -OCH3 is 3. The van der Waals surface area contributed by atoms with Crippen LogP contribution in [0.25, 0.3) is 6.08 Å². The lowest BCUT2D eigenvalue weighted by Gasteiger charge is -2.12. The molecule has 2 amide bonds. The Labute approximate surface area is 155 Å². The van der Waals surface area contributed by atoms with Gasteiger partial charge in [-0.15, -0.1) is 0 Å².